The average molecular weight is 503 g/mol. The summed E-state index contributed by atoms with van der Waals surface area (Å²) in [4.78, 5) is 16.2. The van der Waals surface area contributed by atoms with Gasteiger partial charge in [-0.25, -0.2) is 18.8 Å². The molecule has 0 saturated heterocycles. The molecule has 162 valence electrons. The normalized spacial score (nSPS) is 11.9. The van der Waals surface area contributed by atoms with Gasteiger partial charge < -0.3 is 5.32 Å². The van der Waals surface area contributed by atoms with E-state index in [0.29, 0.717) is 0 Å². The van der Waals surface area contributed by atoms with E-state index in [4.69, 9.17) is 0 Å². The summed E-state index contributed by atoms with van der Waals surface area (Å²) in [7, 11) is 0. The van der Waals surface area contributed by atoms with Crippen LogP contribution in [0.1, 0.15) is 11.3 Å². The minimum Gasteiger partial charge on any atom is -0.308 e. The van der Waals surface area contributed by atoms with E-state index >= 15 is 0 Å². The van der Waals surface area contributed by atoms with E-state index in [1.165, 1.54) is 12.1 Å². The monoisotopic (exact) mass is 502 g/mol. The van der Waals surface area contributed by atoms with Gasteiger partial charge in [0.1, 0.15) is 5.82 Å². The Morgan fingerprint density at radius 2 is 1.81 bits per heavy atom. The summed E-state index contributed by atoms with van der Waals surface area (Å²) in [5, 5.41) is 21.0. The zero-order chi connectivity index (χ0) is 22.6. The second-order valence-corrected chi connectivity index (χ2v) is 6.64. The van der Waals surface area contributed by atoms with Crippen LogP contribution < -0.4 is 16.1 Å². The van der Waals surface area contributed by atoms with E-state index in [1.807, 2.05) is 0 Å². The number of benzene rings is 2. The van der Waals surface area contributed by atoms with Crippen LogP contribution in [0.3, 0.4) is 0 Å². The van der Waals surface area contributed by atoms with Crippen LogP contribution in [0, 0.1) is 5.82 Å². The number of halogens is 5. The summed E-state index contributed by atoms with van der Waals surface area (Å²) in [5.41, 5.74) is 0.990. The zero-order valence-electron chi connectivity index (χ0n) is 15.0. The third kappa shape index (κ3) is 5.55. The highest BCUT2D eigenvalue weighted by Gasteiger charge is 2.30. The Balaban J connectivity index is 1.75. The number of amidine groups is 1. The van der Waals surface area contributed by atoms with Crippen molar-refractivity contribution in [3.05, 3.63) is 64.0 Å². The summed E-state index contributed by atoms with van der Waals surface area (Å²) in [5.74, 6) is -1.07. The van der Waals surface area contributed by atoms with E-state index in [-0.39, 0.29) is 33.2 Å². The molecule has 0 fully saturated rings. The Morgan fingerprint density at radius 1 is 1.10 bits per heavy atom. The van der Waals surface area contributed by atoms with Gasteiger partial charge in [-0.15, -0.1) is 0 Å². The van der Waals surface area contributed by atoms with Gasteiger partial charge in [0, 0.05) is 5.69 Å². The van der Waals surface area contributed by atoms with Gasteiger partial charge in [0.2, 0.25) is 5.82 Å². The van der Waals surface area contributed by atoms with Crippen molar-refractivity contribution in [2.75, 3.05) is 10.6 Å². The van der Waals surface area contributed by atoms with Crippen molar-refractivity contribution in [2.24, 2.45) is 4.99 Å². The molecular formula is C17H11BrF4N6O3. The van der Waals surface area contributed by atoms with Gasteiger partial charge >= 0.3 is 12.2 Å². The van der Waals surface area contributed by atoms with E-state index in [1.54, 1.807) is 5.48 Å². The third-order valence-corrected chi connectivity index (χ3v) is 4.27. The number of rotatable bonds is 4. The largest absolute Gasteiger partial charge is 0.416 e. The zero-order valence-corrected chi connectivity index (χ0v) is 16.6. The molecule has 0 bridgehead atoms. The van der Waals surface area contributed by atoms with Crippen molar-refractivity contribution >= 4 is 45.0 Å². The van der Waals surface area contributed by atoms with Crippen LogP contribution in [0.15, 0.2) is 56.6 Å². The fourth-order valence-electron chi connectivity index (χ4n) is 2.25. The Hall–Kier alpha value is -3.52. The first-order valence-corrected chi connectivity index (χ1v) is 8.98. The number of carbonyl (C=O) groups excluding carboxylic acids is 1. The lowest BCUT2D eigenvalue weighted by Crippen LogP contribution is -2.25. The number of carbonyl (C=O) groups is 1. The van der Waals surface area contributed by atoms with Crippen molar-refractivity contribution in [3.8, 4) is 0 Å². The fourth-order valence-corrected chi connectivity index (χ4v) is 2.62. The molecular weight excluding hydrogens is 492 g/mol. The van der Waals surface area contributed by atoms with E-state index in [2.05, 4.69) is 46.5 Å². The highest BCUT2D eigenvalue weighted by Crippen LogP contribution is 2.30. The van der Waals surface area contributed by atoms with E-state index < -0.39 is 23.6 Å². The van der Waals surface area contributed by atoms with Crippen LogP contribution in [0.5, 0.6) is 0 Å². The predicted octanol–water partition coefficient (Wildman–Crippen LogP) is 4.69. The molecule has 0 atom stereocenters. The Labute approximate surface area is 179 Å². The second kappa shape index (κ2) is 9.09. The molecule has 9 nitrogen and oxygen atoms in total. The number of aliphatic imine (C=N–C) groups is 1. The second-order valence-electron chi connectivity index (χ2n) is 5.79. The third-order valence-electron chi connectivity index (χ3n) is 3.66. The highest BCUT2D eigenvalue weighted by atomic mass is 79.9. The standard InChI is InChI=1S/C17H11BrF4N6O3/c18-11-7-10(5-6-12(11)19)23-14(26-30)13-15(28-31-27-13)25-16(29)24-9-3-1-8(2-4-9)17(20,21)22/h1-7,30H,(H,23,26)(H2,24,25,28,29). The van der Waals surface area contributed by atoms with Gasteiger partial charge in [0.25, 0.3) is 0 Å². The number of amides is 2. The molecule has 14 heteroatoms. The Kier molecular flexibility index (Phi) is 6.50. The van der Waals surface area contributed by atoms with Crippen LogP contribution >= 0.6 is 15.9 Å². The number of urea groups is 1. The van der Waals surface area contributed by atoms with Gasteiger partial charge in [-0.05, 0) is 68.7 Å². The summed E-state index contributed by atoms with van der Waals surface area (Å²) in [6, 6.07) is 6.64. The number of alkyl halides is 3. The lowest BCUT2D eigenvalue weighted by molar-refractivity contribution is -0.137. The topological polar surface area (TPSA) is 125 Å². The number of hydrogen-bond donors (Lipinski definition) is 4. The van der Waals surface area contributed by atoms with Crippen molar-refractivity contribution in [2.45, 2.75) is 6.18 Å². The lowest BCUT2D eigenvalue weighted by atomic mass is 10.2. The molecule has 0 aliphatic carbocycles. The molecule has 0 unspecified atom stereocenters. The van der Waals surface area contributed by atoms with Gasteiger partial charge in [-0.2, -0.15) is 13.2 Å². The molecule has 0 aliphatic rings. The summed E-state index contributed by atoms with van der Waals surface area (Å²) in [6.45, 7) is 0. The lowest BCUT2D eigenvalue weighted by Gasteiger charge is -2.09. The molecule has 0 spiro atoms. The molecule has 2 amide bonds. The summed E-state index contributed by atoms with van der Waals surface area (Å²) >= 11 is 3.00. The molecule has 0 saturated carbocycles. The van der Waals surface area contributed by atoms with Gasteiger partial charge in [0.15, 0.2) is 11.5 Å². The van der Waals surface area contributed by atoms with Crippen LogP contribution in [0.4, 0.5) is 39.5 Å². The van der Waals surface area contributed by atoms with Gasteiger partial charge in [-0.3, -0.25) is 16.0 Å². The number of aromatic nitrogens is 2. The molecule has 1 aromatic heterocycles. The quantitative estimate of drug-likeness (QED) is 0.177. The minimum absolute atomic E-state index is 0.0776. The maximum Gasteiger partial charge on any atom is 0.416 e. The first kappa shape index (κ1) is 22.2. The van der Waals surface area contributed by atoms with Gasteiger partial charge in [0.05, 0.1) is 15.7 Å². The maximum absolute atomic E-state index is 13.4. The smallest absolute Gasteiger partial charge is 0.308 e. The van der Waals surface area contributed by atoms with Crippen molar-refractivity contribution in [3.63, 3.8) is 0 Å². The molecule has 3 rings (SSSR count). The maximum atomic E-state index is 13.4. The number of hydroxylamine groups is 1. The molecule has 3 aromatic rings. The van der Waals surface area contributed by atoms with Crippen LogP contribution in [0.2, 0.25) is 0 Å². The van der Waals surface area contributed by atoms with E-state index in [0.717, 1.165) is 30.3 Å². The molecule has 1 heterocycles. The molecule has 31 heavy (non-hydrogen) atoms. The minimum atomic E-state index is -4.50. The fraction of sp³-hybridized carbons (Fsp3) is 0.0588. The van der Waals surface area contributed by atoms with Crippen LogP contribution in [0.25, 0.3) is 0 Å². The molecule has 4 N–H and O–H groups in total. The number of hydrogen-bond acceptors (Lipinski definition) is 6. The Morgan fingerprint density at radius 3 is 2.42 bits per heavy atom. The van der Waals surface area contributed by atoms with Crippen molar-refractivity contribution < 1.29 is 32.2 Å². The van der Waals surface area contributed by atoms with Crippen LogP contribution in [-0.4, -0.2) is 27.4 Å². The van der Waals surface area contributed by atoms with E-state index in [9.17, 15) is 27.6 Å². The molecule has 0 aliphatic heterocycles. The number of anilines is 2. The number of nitrogens with zero attached hydrogens (tertiary/aromatic N) is 3. The van der Waals surface area contributed by atoms with Crippen molar-refractivity contribution in [1.29, 1.82) is 0 Å². The first-order valence-electron chi connectivity index (χ1n) is 8.19. The first-order chi connectivity index (χ1) is 14.7. The molecule has 0 radical (unpaired) electrons. The SMILES string of the molecule is O=C(Nc1ccc(C(F)(F)F)cc1)Nc1nonc1C(=Nc1ccc(F)c(Br)c1)NO. The molecule has 2 aromatic carbocycles. The van der Waals surface area contributed by atoms with Gasteiger partial charge in [-0.1, -0.05) is 0 Å². The number of nitrogens with one attached hydrogen (secondary N) is 3. The predicted molar refractivity (Wildman–Crippen MR) is 104 cm³/mol. The Bertz CT molecular complexity index is 1120. The average Bonchev–Trinajstić information content (AvgIpc) is 3.16. The summed E-state index contributed by atoms with van der Waals surface area (Å²) in [6.07, 6.45) is -4.50. The highest BCUT2D eigenvalue weighted by molar-refractivity contribution is 9.10. The van der Waals surface area contributed by atoms with Crippen molar-refractivity contribution in [1.82, 2.24) is 15.8 Å². The van der Waals surface area contributed by atoms with Crippen LogP contribution in [-0.2, 0) is 6.18 Å². The summed E-state index contributed by atoms with van der Waals surface area (Å²) < 4.78 is 55.8.